The Morgan fingerprint density at radius 3 is 2.79 bits per heavy atom. The molecule has 0 aliphatic carbocycles. The summed E-state index contributed by atoms with van der Waals surface area (Å²) in [7, 11) is 0. The smallest absolute Gasteiger partial charge is 0.124 e. The van der Waals surface area contributed by atoms with Crippen molar-refractivity contribution >= 4 is 16.7 Å². The van der Waals surface area contributed by atoms with Crippen LogP contribution in [0.15, 0.2) is 30.3 Å². The molecule has 0 spiro atoms. The van der Waals surface area contributed by atoms with Crippen LogP contribution in [-0.2, 0) is 0 Å². The number of anilines is 1. The Morgan fingerprint density at radius 1 is 1.29 bits per heavy atom. The number of benzene rings is 1. The molecule has 0 bridgehead atoms. The van der Waals surface area contributed by atoms with Gasteiger partial charge in [-0.3, -0.25) is 0 Å². The van der Waals surface area contributed by atoms with E-state index in [1.807, 2.05) is 24.3 Å². The lowest BCUT2D eigenvalue weighted by molar-refractivity contribution is 0.201. The molecule has 1 heterocycles. The van der Waals surface area contributed by atoms with Crippen LogP contribution < -0.4 is 5.73 Å². The monoisotopic (exact) mass is 188 g/mol. The summed E-state index contributed by atoms with van der Waals surface area (Å²) >= 11 is 0. The Hall–Kier alpha value is -1.61. The number of pyridine rings is 1. The molecule has 2 aromatic rings. The first-order chi connectivity index (χ1) is 6.68. The molecule has 0 saturated heterocycles. The van der Waals surface area contributed by atoms with Gasteiger partial charge in [-0.05, 0) is 30.7 Å². The maximum atomic E-state index is 9.53. The van der Waals surface area contributed by atoms with Crippen molar-refractivity contribution in [3.05, 3.63) is 35.9 Å². The Kier molecular flexibility index (Phi) is 2.09. The van der Waals surface area contributed by atoms with E-state index in [9.17, 15) is 5.11 Å². The SMILES string of the molecule is CC(O)c1cccc2nc(N)ccc12. The van der Waals surface area contributed by atoms with Crippen molar-refractivity contribution in [1.29, 1.82) is 0 Å². The molecule has 1 unspecified atom stereocenters. The summed E-state index contributed by atoms with van der Waals surface area (Å²) in [6.07, 6.45) is -0.482. The summed E-state index contributed by atoms with van der Waals surface area (Å²) in [6.45, 7) is 1.74. The van der Waals surface area contributed by atoms with Crippen molar-refractivity contribution in [2.45, 2.75) is 13.0 Å². The molecule has 14 heavy (non-hydrogen) atoms. The lowest BCUT2D eigenvalue weighted by Crippen LogP contribution is -1.95. The van der Waals surface area contributed by atoms with Gasteiger partial charge in [0, 0.05) is 5.39 Å². The van der Waals surface area contributed by atoms with E-state index < -0.39 is 6.10 Å². The minimum absolute atomic E-state index is 0.482. The van der Waals surface area contributed by atoms with Crippen LogP contribution in [0.4, 0.5) is 5.82 Å². The van der Waals surface area contributed by atoms with E-state index in [1.54, 1.807) is 13.0 Å². The van der Waals surface area contributed by atoms with E-state index in [4.69, 9.17) is 5.73 Å². The number of nitrogen functional groups attached to an aromatic ring is 1. The quantitative estimate of drug-likeness (QED) is 0.718. The largest absolute Gasteiger partial charge is 0.389 e. The fourth-order valence-electron chi connectivity index (χ4n) is 1.56. The van der Waals surface area contributed by atoms with Crippen LogP contribution in [0.1, 0.15) is 18.6 Å². The molecule has 72 valence electrons. The van der Waals surface area contributed by atoms with Gasteiger partial charge < -0.3 is 10.8 Å². The lowest BCUT2D eigenvalue weighted by atomic mass is 10.0. The Bertz CT molecular complexity index is 466. The normalized spacial score (nSPS) is 13.0. The van der Waals surface area contributed by atoms with Gasteiger partial charge in [-0.15, -0.1) is 0 Å². The second-order valence-corrected chi connectivity index (χ2v) is 3.33. The van der Waals surface area contributed by atoms with E-state index in [-0.39, 0.29) is 0 Å². The van der Waals surface area contributed by atoms with Gasteiger partial charge in [0.2, 0.25) is 0 Å². The predicted molar refractivity (Wildman–Crippen MR) is 56.8 cm³/mol. The first-order valence-corrected chi connectivity index (χ1v) is 4.51. The number of nitrogens with zero attached hydrogens (tertiary/aromatic N) is 1. The molecule has 0 radical (unpaired) electrons. The molecule has 1 aromatic carbocycles. The van der Waals surface area contributed by atoms with E-state index in [1.165, 1.54) is 0 Å². The van der Waals surface area contributed by atoms with Gasteiger partial charge >= 0.3 is 0 Å². The zero-order valence-corrected chi connectivity index (χ0v) is 7.94. The first kappa shape index (κ1) is 8.97. The lowest BCUT2D eigenvalue weighted by Gasteiger charge is -2.08. The topological polar surface area (TPSA) is 59.1 Å². The molecular formula is C11H12N2O. The molecule has 2 rings (SSSR count). The van der Waals surface area contributed by atoms with E-state index in [0.717, 1.165) is 16.5 Å². The number of aromatic nitrogens is 1. The van der Waals surface area contributed by atoms with Gasteiger partial charge in [0.25, 0.3) is 0 Å². The van der Waals surface area contributed by atoms with Crippen molar-refractivity contribution in [3.63, 3.8) is 0 Å². The highest BCUT2D eigenvalue weighted by Gasteiger charge is 2.06. The molecule has 1 atom stereocenters. The van der Waals surface area contributed by atoms with Crippen LogP contribution in [0.5, 0.6) is 0 Å². The van der Waals surface area contributed by atoms with E-state index in [0.29, 0.717) is 5.82 Å². The number of aliphatic hydroxyl groups excluding tert-OH is 1. The van der Waals surface area contributed by atoms with Crippen molar-refractivity contribution in [2.75, 3.05) is 5.73 Å². The summed E-state index contributed by atoms with van der Waals surface area (Å²) in [6, 6.07) is 9.28. The van der Waals surface area contributed by atoms with Gasteiger partial charge in [0.05, 0.1) is 11.6 Å². The zero-order chi connectivity index (χ0) is 10.1. The molecule has 0 fully saturated rings. The second kappa shape index (κ2) is 3.27. The molecule has 1 aromatic heterocycles. The van der Waals surface area contributed by atoms with Crippen LogP contribution in [0, 0.1) is 0 Å². The van der Waals surface area contributed by atoms with Gasteiger partial charge in [-0.2, -0.15) is 0 Å². The average Bonchev–Trinajstić information content (AvgIpc) is 2.16. The highest BCUT2D eigenvalue weighted by atomic mass is 16.3. The summed E-state index contributed by atoms with van der Waals surface area (Å²) in [5.74, 6) is 0.500. The second-order valence-electron chi connectivity index (χ2n) is 3.33. The molecule has 0 amide bonds. The minimum atomic E-state index is -0.482. The Balaban J connectivity index is 2.75. The molecule has 3 N–H and O–H groups in total. The van der Waals surface area contributed by atoms with Gasteiger partial charge in [0.15, 0.2) is 0 Å². The number of rotatable bonds is 1. The molecule has 0 saturated carbocycles. The third-order valence-electron chi connectivity index (χ3n) is 2.24. The molecule has 0 aliphatic heterocycles. The number of hydrogen-bond donors (Lipinski definition) is 2. The van der Waals surface area contributed by atoms with Crippen molar-refractivity contribution in [1.82, 2.24) is 4.98 Å². The highest BCUT2D eigenvalue weighted by molar-refractivity contribution is 5.83. The van der Waals surface area contributed by atoms with Crippen LogP contribution in [0.2, 0.25) is 0 Å². The summed E-state index contributed by atoms with van der Waals surface area (Å²) < 4.78 is 0. The highest BCUT2D eigenvalue weighted by Crippen LogP contribution is 2.23. The van der Waals surface area contributed by atoms with E-state index >= 15 is 0 Å². The molecule has 3 heteroatoms. The Morgan fingerprint density at radius 2 is 2.07 bits per heavy atom. The van der Waals surface area contributed by atoms with Crippen molar-refractivity contribution < 1.29 is 5.11 Å². The number of nitrogens with two attached hydrogens (primary N) is 1. The maximum Gasteiger partial charge on any atom is 0.124 e. The summed E-state index contributed by atoms with van der Waals surface area (Å²) in [5, 5.41) is 10.5. The van der Waals surface area contributed by atoms with E-state index in [2.05, 4.69) is 4.98 Å². The Labute approximate surface area is 82.2 Å². The third-order valence-corrected chi connectivity index (χ3v) is 2.24. The first-order valence-electron chi connectivity index (χ1n) is 4.51. The van der Waals surface area contributed by atoms with Crippen LogP contribution >= 0.6 is 0 Å². The van der Waals surface area contributed by atoms with Crippen LogP contribution in [-0.4, -0.2) is 10.1 Å². The van der Waals surface area contributed by atoms with Crippen LogP contribution in [0.3, 0.4) is 0 Å². The van der Waals surface area contributed by atoms with Gasteiger partial charge in [-0.1, -0.05) is 12.1 Å². The fraction of sp³-hybridized carbons (Fsp3) is 0.182. The van der Waals surface area contributed by atoms with Gasteiger partial charge in [-0.25, -0.2) is 4.98 Å². The zero-order valence-electron chi connectivity index (χ0n) is 7.94. The molecule has 0 aliphatic rings. The molecular weight excluding hydrogens is 176 g/mol. The number of fused-ring (bicyclic) bond motifs is 1. The minimum Gasteiger partial charge on any atom is -0.389 e. The van der Waals surface area contributed by atoms with Crippen molar-refractivity contribution in [3.8, 4) is 0 Å². The fourth-order valence-corrected chi connectivity index (χ4v) is 1.56. The summed E-state index contributed by atoms with van der Waals surface area (Å²) in [4.78, 5) is 4.19. The summed E-state index contributed by atoms with van der Waals surface area (Å²) in [5.41, 5.74) is 7.28. The van der Waals surface area contributed by atoms with Gasteiger partial charge in [0.1, 0.15) is 5.82 Å². The van der Waals surface area contributed by atoms with Crippen molar-refractivity contribution in [2.24, 2.45) is 0 Å². The maximum absolute atomic E-state index is 9.53. The number of aliphatic hydroxyl groups is 1. The predicted octanol–water partition coefficient (Wildman–Crippen LogP) is 1.87. The average molecular weight is 188 g/mol. The standard InChI is InChI=1S/C11H12N2O/c1-7(14)8-3-2-4-10-9(8)5-6-11(12)13-10/h2-7,14H,1H3,(H2,12,13). The third kappa shape index (κ3) is 1.42. The van der Waals surface area contributed by atoms with Crippen LogP contribution in [0.25, 0.3) is 10.9 Å². The molecule has 3 nitrogen and oxygen atoms in total. The number of hydrogen-bond acceptors (Lipinski definition) is 3.